The van der Waals surface area contributed by atoms with Gasteiger partial charge >= 0.3 is 0 Å². The Morgan fingerprint density at radius 3 is 2.03 bits per heavy atom. The van der Waals surface area contributed by atoms with E-state index < -0.39 is 0 Å². The molecule has 30 heavy (non-hydrogen) atoms. The molecule has 0 radical (unpaired) electrons. The zero-order chi connectivity index (χ0) is 20.3. The molecule has 0 aliphatic rings. The van der Waals surface area contributed by atoms with Crippen LogP contribution in [0.4, 0.5) is 0 Å². The fourth-order valence-corrected chi connectivity index (χ4v) is 3.93. The smallest absolute Gasteiger partial charge is 0.202 e. The van der Waals surface area contributed by atoms with Crippen molar-refractivity contribution >= 4 is 12.2 Å². The predicted molar refractivity (Wildman–Crippen MR) is 123 cm³/mol. The van der Waals surface area contributed by atoms with E-state index in [1.807, 2.05) is 76.4 Å². The summed E-state index contributed by atoms with van der Waals surface area (Å²) in [6.45, 7) is 0.637. The summed E-state index contributed by atoms with van der Waals surface area (Å²) in [5.41, 5.74) is 6.52. The topological polar surface area (TPSA) is 38.5 Å². The highest BCUT2D eigenvalue weighted by atomic mass is 32.1. The molecule has 0 atom stereocenters. The van der Waals surface area contributed by atoms with Gasteiger partial charge in [0.15, 0.2) is 0 Å². The molecule has 0 saturated carbocycles. The number of H-pyrrole nitrogens is 1. The lowest BCUT2D eigenvalue weighted by Crippen LogP contribution is -2.03. The maximum absolute atomic E-state index is 5.84. The largest absolute Gasteiger partial charge is 0.359 e. The number of benzene rings is 3. The van der Waals surface area contributed by atoms with Crippen molar-refractivity contribution in [3.63, 3.8) is 0 Å². The third-order valence-corrected chi connectivity index (χ3v) is 5.56. The Hall–Kier alpha value is -3.70. The summed E-state index contributed by atoms with van der Waals surface area (Å²) >= 11 is 5.84. The van der Waals surface area contributed by atoms with E-state index in [0.29, 0.717) is 11.3 Å². The molecule has 4 nitrogen and oxygen atoms in total. The molecule has 0 unspecified atom stereocenters. The maximum Gasteiger partial charge on any atom is 0.202 e. The molecule has 5 heteroatoms. The molecule has 5 aromatic rings. The third kappa shape index (κ3) is 3.40. The third-order valence-electron chi connectivity index (χ3n) is 5.15. The van der Waals surface area contributed by atoms with Crippen LogP contribution in [0.25, 0.3) is 28.1 Å². The van der Waals surface area contributed by atoms with E-state index in [0.717, 1.165) is 28.1 Å². The molecular formula is C25H20N4S. The molecule has 5 rings (SSSR count). The van der Waals surface area contributed by atoms with E-state index in [4.69, 9.17) is 12.2 Å². The van der Waals surface area contributed by atoms with Crippen LogP contribution in [0.5, 0.6) is 0 Å². The summed E-state index contributed by atoms with van der Waals surface area (Å²) in [4.78, 5) is 3.47. The van der Waals surface area contributed by atoms with Crippen molar-refractivity contribution in [1.29, 1.82) is 0 Å². The van der Waals surface area contributed by atoms with Crippen molar-refractivity contribution in [2.75, 3.05) is 0 Å². The lowest BCUT2D eigenvalue weighted by Gasteiger charge is -2.09. The maximum atomic E-state index is 5.84. The Balaban J connectivity index is 1.67. The number of nitrogens with one attached hydrogen (secondary N) is 1. The molecule has 2 heterocycles. The molecule has 0 fully saturated rings. The SMILES string of the molecule is S=c1n(-c2c(-c3ccccc3)c[nH]c2-c2ccccc2)cnn1Cc1ccccc1. The van der Waals surface area contributed by atoms with Gasteiger partial charge in [0, 0.05) is 17.3 Å². The van der Waals surface area contributed by atoms with Crippen LogP contribution in [-0.2, 0) is 6.54 Å². The van der Waals surface area contributed by atoms with Crippen molar-refractivity contribution in [1.82, 2.24) is 19.3 Å². The van der Waals surface area contributed by atoms with Gasteiger partial charge < -0.3 is 4.98 Å². The van der Waals surface area contributed by atoms with Crippen molar-refractivity contribution in [3.05, 3.63) is 114 Å². The van der Waals surface area contributed by atoms with Gasteiger partial charge in [0.2, 0.25) is 4.77 Å². The van der Waals surface area contributed by atoms with Crippen LogP contribution in [0, 0.1) is 4.77 Å². The van der Waals surface area contributed by atoms with Crippen LogP contribution in [0.2, 0.25) is 0 Å². The van der Waals surface area contributed by atoms with E-state index >= 15 is 0 Å². The van der Waals surface area contributed by atoms with Crippen molar-refractivity contribution in [2.24, 2.45) is 0 Å². The van der Waals surface area contributed by atoms with Gasteiger partial charge in [-0.25, -0.2) is 4.68 Å². The van der Waals surface area contributed by atoms with Gasteiger partial charge in [0.25, 0.3) is 0 Å². The first-order chi connectivity index (χ1) is 14.8. The Kier molecular flexibility index (Phi) is 4.87. The van der Waals surface area contributed by atoms with E-state index in [1.54, 1.807) is 0 Å². The summed E-state index contributed by atoms with van der Waals surface area (Å²) in [5.74, 6) is 0. The second kappa shape index (κ2) is 7.97. The minimum atomic E-state index is 0.637. The number of aromatic amines is 1. The van der Waals surface area contributed by atoms with Crippen LogP contribution in [0.3, 0.4) is 0 Å². The van der Waals surface area contributed by atoms with Crippen LogP contribution < -0.4 is 0 Å². The first kappa shape index (κ1) is 18.3. The molecule has 1 N–H and O–H groups in total. The van der Waals surface area contributed by atoms with E-state index in [2.05, 4.69) is 46.5 Å². The Morgan fingerprint density at radius 1 is 0.767 bits per heavy atom. The van der Waals surface area contributed by atoms with Gasteiger partial charge in [-0.1, -0.05) is 91.0 Å². The normalized spacial score (nSPS) is 10.9. The average Bonchev–Trinajstić information content (AvgIpc) is 3.39. The summed E-state index contributed by atoms with van der Waals surface area (Å²) in [6.07, 6.45) is 3.86. The molecule has 0 aliphatic heterocycles. The van der Waals surface area contributed by atoms with E-state index in [-0.39, 0.29) is 0 Å². The molecule has 146 valence electrons. The molecule has 0 spiro atoms. The molecular weight excluding hydrogens is 388 g/mol. The molecule has 2 aromatic heterocycles. The van der Waals surface area contributed by atoms with Gasteiger partial charge in [0.05, 0.1) is 17.9 Å². The highest BCUT2D eigenvalue weighted by Gasteiger charge is 2.18. The molecule has 0 bridgehead atoms. The first-order valence-corrected chi connectivity index (χ1v) is 10.2. The minimum Gasteiger partial charge on any atom is -0.359 e. The van der Waals surface area contributed by atoms with Crippen molar-refractivity contribution < 1.29 is 0 Å². The quantitative estimate of drug-likeness (QED) is 0.356. The van der Waals surface area contributed by atoms with Gasteiger partial charge in [-0.3, -0.25) is 4.57 Å². The average molecular weight is 409 g/mol. The monoisotopic (exact) mass is 408 g/mol. The molecule has 0 amide bonds. The van der Waals surface area contributed by atoms with Crippen LogP contribution >= 0.6 is 12.2 Å². The molecule has 0 saturated heterocycles. The van der Waals surface area contributed by atoms with Gasteiger partial charge in [-0.05, 0) is 23.3 Å². The Labute approximate surface area is 180 Å². The Morgan fingerprint density at radius 2 is 1.37 bits per heavy atom. The molecule has 0 aliphatic carbocycles. The van der Waals surface area contributed by atoms with Crippen molar-refractivity contribution in [3.8, 4) is 28.1 Å². The predicted octanol–water partition coefficient (Wildman–Crippen LogP) is 6.11. The second-order valence-electron chi connectivity index (χ2n) is 7.08. The number of aromatic nitrogens is 4. The van der Waals surface area contributed by atoms with E-state index in [1.165, 1.54) is 5.56 Å². The van der Waals surface area contributed by atoms with Gasteiger partial charge in [-0.2, -0.15) is 5.10 Å². The highest BCUT2D eigenvalue weighted by Crippen LogP contribution is 2.35. The highest BCUT2D eigenvalue weighted by molar-refractivity contribution is 7.71. The fourth-order valence-electron chi connectivity index (χ4n) is 3.68. The first-order valence-electron chi connectivity index (χ1n) is 9.82. The van der Waals surface area contributed by atoms with Crippen LogP contribution in [0.1, 0.15) is 5.56 Å². The van der Waals surface area contributed by atoms with E-state index in [9.17, 15) is 0 Å². The summed E-state index contributed by atoms with van der Waals surface area (Å²) in [7, 11) is 0. The molecule has 3 aromatic carbocycles. The van der Waals surface area contributed by atoms with Gasteiger partial charge in [-0.15, -0.1) is 0 Å². The van der Waals surface area contributed by atoms with Crippen molar-refractivity contribution in [2.45, 2.75) is 6.54 Å². The summed E-state index contributed by atoms with van der Waals surface area (Å²) < 4.78 is 4.52. The number of hydrogen-bond acceptors (Lipinski definition) is 2. The Bertz CT molecular complexity index is 1260. The number of rotatable bonds is 5. The van der Waals surface area contributed by atoms with Gasteiger partial charge in [0.1, 0.15) is 6.33 Å². The zero-order valence-electron chi connectivity index (χ0n) is 16.3. The minimum absolute atomic E-state index is 0.637. The zero-order valence-corrected chi connectivity index (χ0v) is 17.1. The van der Waals surface area contributed by atoms with Crippen LogP contribution in [-0.4, -0.2) is 19.3 Å². The second-order valence-corrected chi connectivity index (χ2v) is 7.45. The lowest BCUT2D eigenvalue weighted by molar-refractivity contribution is 0.672. The number of hydrogen-bond donors (Lipinski definition) is 1. The fraction of sp³-hybridized carbons (Fsp3) is 0.0400. The lowest BCUT2D eigenvalue weighted by atomic mass is 10.0. The van der Waals surface area contributed by atoms with Crippen LogP contribution in [0.15, 0.2) is 104 Å². The summed E-state index contributed by atoms with van der Waals surface area (Å²) in [5, 5.41) is 4.60. The summed E-state index contributed by atoms with van der Waals surface area (Å²) in [6, 6.07) is 30.9. The number of nitrogens with zero attached hydrogens (tertiary/aromatic N) is 3. The standard InChI is InChI=1S/C25H20N4S/c30-25-28(18-27-29(25)17-19-10-4-1-5-11-19)24-22(20-12-6-2-7-13-20)16-26-23(24)21-14-8-3-9-15-21/h1-16,18,26H,17H2.